The number of benzene rings is 2. The van der Waals surface area contributed by atoms with Crippen molar-refractivity contribution in [3.8, 4) is 18.1 Å². The molecule has 10 heteroatoms. The molecule has 0 bridgehead atoms. The lowest BCUT2D eigenvalue weighted by atomic mass is 9.98. The summed E-state index contributed by atoms with van der Waals surface area (Å²) in [4.78, 5) is 54.5. The summed E-state index contributed by atoms with van der Waals surface area (Å²) in [5, 5.41) is 15.1. The van der Waals surface area contributed by atoms with Crippen molar-refractivity contribution in [2.24, 2.45) is 0 Å². The largest absolute Gasteiger partial charge is 0.508 e. The monoisotopic (exact) mass is 607 g/mol. The number of esters is 1. The van der Waals surface area contributed by atoms with Crippen molar-refractivity contribution in [2.75, 3.05) is 20.2 Å². The number of methoxy groups -OCH3 is 1. The van der Waals surface area contributed by atoms with Gasteiger partial charge in [0.25, 0.3) is 0 Å². The fourth-order valence-electron chi connectivity index (χ4n) is 4.53. The molecule has 0 saturated carbocycles. The highest BCUT2D eigenvalue weighted by atomic mass is 16.6. The average molecular weight is 608 g/mol. The van der Waals surface area contributed by atoms with E-state index in [1.807, 2.05) is 0 Å². The third-order valence-electron chi connectivity index (χ3n) is 6.74. The molecule has 2 aromatic carbocycles. The molecule has 0 heterocycles. The van der Waals surface area contributed by atoms with Crippen molar-refractivity contribution in [1.29, 1.82) is 0 Å². The molecule has 0 aliphatic rings. The molecule has 0 saturated heterocycles. The molecular weight excluding hydrogens is 562 g/mol. The van der Waals surface area contributed by atoms with Gasteiger partial charge in [-0.2, -0.15) is 0 Å². The smallest absolute Gasteiger partial charge is 0.408 e. The maximum Gasteiger partial charge on any atom is 0.408 e. The molecule has 3 amide bonds. The predicted octanol–water partition coefficient (Wildman–Crippen LogP) is 4.64. The number of phenolic OH excluding ortho intramolecular Hbond substituents is 1. The van der Waals surface area contributed by atoms with Crippen molar-refractivity contribution in [3.63, 3.8) is 0 Å². The number of aromatic hydroxyl groups is 1. The number of nitrogens with one attached hydrogen (secondary N) is 2. The van der Waals surface area contributed by atoms with Gasteiger partial charge in [-0.3, -0.25) is 14.4 Å². The van der Waals surface area contributed by atoms with E-state index in [0.717, 1.165) is 25.7 Å². The van der Waals surface area contributed by atoms with Crippen LogP contribution in [0, 0.1) is 12.3 Å². The molecular formula is C34H45N3O7. The van der Waals surface area contributed by atoms with Crippen LogP contribution < -0.4 is 10.6 Å². The Kier molecular flexibility index (Phi) is 14.2. The van der Waals surface area contributed by atoms with Crippen molar-refractivity contribution < 1.29 is 33.8 Å². The second kappa shape index (κ2) is 17.6. The number of alkyl carbamates (subject to hydrolysis) is 1. The molecule has 0 radical (unpaired) electrons. The zero-order valence-electron chi connectivity index (χ0n) is 26.4. The number of ether oxygens (including phenoxy) is 2. The molecule has 0 fully saturated rings. The van der Waals surface area contributed by atoms with E-state index in [9.17, 15) is 24.3 Å². The molecule has 44 heavy (non-hydrogen) atoms. The first kappa shape index (κ1) is 35.7. The summed E-state index contributed by atoms with van der Waals surface area (Å²) in [6.07, 6.45) is 9.29. The van der Waals surface area contributed by atoms with Crippen LogP contribution in [0.15, 0.2) is 48.5 Å². The number of nitrogens with zero attached hydrogens (tertiary/aromatic N) is 1. The van der Waals surface area contributed by atoms with Crippen LogP contribution in [-0.2, 0) is 30.3 Å². The quantitative estimate of drug-likeness (QED) is 0.153. The molecule has 2 aromatic rings. The summed E-state index contributed by atoms with van der Waals surface area (Å²) in [5.74, 6) is 0.852. The Hall–Kier alpha value is -4.52. The number of phenols is 1. The molecule has 238 valence electrons. The fourth-order valence-corrected chi connectivity index (χ4v) is 4.53. The number of hydrogen-bond donors (Lipinski definition) is 3. The molecule has 0 aliphatic carbocycles. The number of rotatable bonds is 15. The topological polar surface area (TPSA) is 134 Å². The number of carbonyl (C=O) groups is 4. The Labute approximate surface area is 260 Å². The zero-order chi connectivity index (χ0) is 32.7. The maximum atomic E-state index is 14.5. The third kappa shape index (κ3) is 12.0. The maximum absolute atomic E-state index is 14.5. The number of amides is 3. The number of terminal acetylenes is 1. The molecule has 0 spiro atoms. The minimum absolute atomic E-state index is 0.0585. The number of unbranched alkanes of at least 4 members (excludes halogenated alkanes) is 4. The number of hydrogen-bond acceptors (Lipinski definition) is 7. The Balaban J connectivity index is 2.57. The molecule has 0 aromatic heterocycles. The summed E-state index contributed by atoms with van der Waals surface area (Å²) in [6, 6.07) is 10.7. The molecule has 2 rings (SSSR count). The fraction of sp³-hybridized carbons (Fsp3) is 0.471. The standard InChI is InChI=1S/C34H45N3O7/c1-7-9-10-11-12-21-37(30(31(40)35-23-29(39)43-6)26-17-13-24(8-2)14-18-26)32(41)28(36-33(42)44-34(3,4)5)22-25-15-19-27(38)20-16-25/h2,13-20,28,30,38H,7,9-12,21-23H2,1,3-6H3,(H,35,40)(H,36,42). The Bertz CT molecular complexity index is 1280. The van der Waals surface area contributed by atoms with Crippen molar-refractivity contribution in [3.05, 3.63) is 65.2 Å². The van der Waals surface area contributed by atoms with E-state index in [4.69, 9.17) is 11.2 Å². The first-order chi connectivity index (χ1) is 20.9. The van der Waals surface area contributed by atoms with Crippen LogP contribution in [-0.4, -0.2) is 65.7 Å². The summed E-state index contributed by atoms with van der Waals surface area (Å²) in [5.41, 5.74) is 0.931. The van der Waals surface area contributed by atoms with Crippen LogP contribution in [0.3, 0.4) is 0 Å². The van der Waals surface area contributed by atoms with Gasteiger partial charge >= 0.3 is 12.1 Å². The van der Waals surface area contributed by atoms with Crippen LogP contribution in [0.5, 0.6) is 5.75 Å². The van der Waals surface area contributed by atoms with Gasteiger partial charge < -0.3 is 30.1 Å². The van der Waals surface area contributed by atoms with Gasteiger partial charge in [-0.15, -0.1) is 6.42 Å². The highest BCUT2D eigenvalue weighted by Gasteiger charge is 2.36. The predicted molar refractivity (Wildman–Crippen MR) is 168 cm³/mol. The van der Waals surface area contributed by atoms with Crippen LogP contribution >= 0.6 is 0 Å². The van der Waals surface area contributed by atoms with Crippen LogP contribution in [0.4, 0.5) is 4.79 Å². The lowest BCUT2D eigenvalue weighted by molar-refractivity contribution is -0.144. The lowest BCUT2D eigenvalue weighted by Crippen LogP contribution is -2.54. The van der Waals surface area contributed by atoms with E-state index < -0.39 is 41.6 Å². The second-order valence-corrected chi connectivity index (χ2v) is 11.5. The molecule has 0 aliphatic heterocycles. The van der Waals surface area contributed by atoms with E-state index >= 15 is 0 Å². The van der Waals surface area contributed by atoms with E-state index in [1.54, 1.807) is 57.2 Å². The summed E-state index contributed by atoms with van der Waals surface area (Å²) in [7, 11) is 1.22. The number of carbonyl (C=O) groups excluding carboxylic acids is 4. The average Bonchev–Trinajstić information content (AvgIpc) is 2.98. The van der Waals surface area contributed by atoms with Gasteiger partial charge in [-0.05, 0) is 62.6 Å². The highest BCUT2D eigenvalue weighted by molar-refractivity contribution is 5.93. The second-order valence-electron chi connectivity index (χ2n) is 11.5. The minimum atomic E-state index is -1.15. The molecule has 3 N–H and O–H groups in total. The van der Waals surface area contributed by atoms with Gasteiger partial charge in [0.1, 0.15) is 30.0 Å². The van der Waals surface area contributed by atoms with Crippen LogP contribution in [0.2, 0.25) is 0 Å². The van der Waals surface area contributed by atoms with Crippen LogP contribution in [0.25, 0.3) is 0 Å². The first-order valence-electron chi connectivity index (χ1n) is 14.9. The summed E-state index contributed by atoms with van der Waals surface area (Å²) >= 11 is 0. The van der Waals surface area contributed by atoms with Gasteiger partial charge in [-0.1, -0.05) is 62.8 Å². The Morgan fingerprint density at radius 3 is 2.18 bits per heavy atom. The van der Waals surface area contributed by atoms with E-state index in [2.05, 4.69) is 28.2 Å². The zero-order valence-corrected chi connectivity index (χ0v) is 26.4. The van der Waals surface area contributed by atoms with Crippen molar-refractivity contribution in [1.82, 2.24) is 15.5 Å². The van der Waals surface area contributed by atoms with Gasteiger partial charge in [0, 0.05) is 18.5 Å². The highest BCUT2D eigenvalue weighted by Crippen LogP contribution is 2.25. The van der Waals surface area contributed by atoms with Gasteiger partial charge in [-0.25, -0.2) is 4.79 Å². The van der Waals surface area contributed by atoms with E-state index in [1.165, 1.54) is 24.1 Å². The Morgan fingerprint density at radius 1 is 0.977 bits per heavy atom. The van der Waals surface area contributed by atoms with E-state index in [0.29, 0.717) is 23.1 Å². The van der Waals surface area contributed by atoms with Gasteiger partial charge in [0.15, 0.2) is 0 Å². The molecule has 2 atom stereocenters. The Morgan fingerprint density at radius 2 is 1.61 bits per heavy atom. The van der Waals surface area contributed by atoms with E-state index in [-0.39, 0.29) is 25.3 Å². The molecule has 2 unspecified atom stereocenters. The normalized spacial score (nSPS) is 12.3. The first-order valence-corrected chi connectivity index (χ1v) is 14.9. The van der Waals surface area contributed by atoms with Crippen LogP contribution in [0.1, 0.15) is 82.5 Å². The third-order valence-corrected chi connectivity index (χ3v) is 6.74. The summed E-state index contributed by atoms with van der Waals surface area (Å²) in [6.45, 7) is 7.07. The van der Waals surface area contributed by atoms with Crippen molar-refractivity contribution >= 4 is 23.9 Å². The van der Waals surface area contributed by atoms with Gasteiger partial charge in [0.2, 0.25) is 11.8 Å². The lowest BCUT2D eigenvalue weighted by Gasteiger charge is -2.34. The van der Waals surface area contributed by atoms with Gasteiger partial charge in [0.05, 0.1) is 7.11 Å². The van der Waals surface area contributed by atoms with Crippen molar-refractivity contribution in [2.45, 2.75) is 83.9 Å². The summed E-state index contributed by atoms with van der Waals surface area (Å²) < 4.78 is 10.2. The molecule has 10 nitrogen and oxygen atoms in total. The minimum Gasteiger partial charge on any atom is -0.508 e. The SMILES string of the molecule is C#Cc1ccc(C(C(=O)NCC(=O)OC)N(CCCCCCC)C(=O)C(Cc2ccc(O)cc2)NC(=O)OC(C)(C)C)cc1.